The van der Waals surface area contributed by atoms with Gasteiger partial charge in [0.2, 0.25) is 12.7 Å². The molecule has 1 aliphatic heterocycles. The van der Waals surface area contributed by atoms with Crippen molar-refractivity contribution < 1.29 is 18.7 Å². The quantitative estimate of drug-likeness (QED) is 0.618. The highest BCUT2D eigenvalue weighted by Crippen LogP contribution is 2.32. The third kappa shape index (κ3) is 3.83. The number of hydrogen-bond acceptors (Lipinski definition) is 5. The number of carbonyl (C=O) groups excluding carboxylic acids is 1. The molecule has 4 rings (SSSR count). The molecule has 0 fully saturated rings. The number of amides is 1. The smallest absolute Gasteiger partial charge is 0.339 e. The number of ether oxygens (including phenoxy) is 2. The van der Waals surface area contributed by atoms with Crippen molar-refractivity contribution in [3.05, 3.63) is 69.1 Å². The fourth-order valence-electron chi connectivity index (χ4n) is 3.61. The molecule has 150 valence electrons. The van der Waals surface area contributed by atoms with Gasteiger partial charge in [-0.25, -0.2) is 4.79 Å². The van der Waals surface area contributed by atoms with Gasteiger partial charge in [-0.05, 0) is 55.2 Å². The van der Waals surface area contributed by atoms with Crippen LogP contribution in [-0.2, 0) is 17.8 Å². The normalized spacial score (nSPS) is 12.4. The third-order valence-corrected chi connectivity index (χ3v) is 5.31. The number of aryl methyl sites for hydroxylation is 2. The number of benzene rings is 2. The van der Waals surface area contributed by atoms with Crippen molar-refractivity contribution in [2.75, 3.05) is 13.8 Å². The molecule has 0 aliphatic carbocycles. The van der Waals surface area contributed by atoms with E-state index in [2.05, 4.69) is 0 Å². The van der Waals surface area contributed by atoms with E-state index in [1.54, 1.807) is 11.9 Å². The first-order valence-corrected chi connectivity index (χ1v) is 9.58. The maximum atomic E-state index is 12.6. The van der Waals surface area contributed by atoms with E-state index in [1.165, 1.54) is 0 Å². The largest absolute Gasteiger partial charge is 0.454 e. The predicted molar refractivity (Wildman–Crippen MR) is 109 cm³/mol. The predicted octanol–water partition coefficient (Wildman–Crippen LogP) is 3.73. The zero-order chi connectivity index (χ0) is 20.5. The summed E-state index contributed by atoms with van der Waals surface area (Å²) in [7, 11) is 1.76. The standard InChI is InChI=1S/C23H23NO5/c1-14-4-6-17-15(2)18(23(26)29-20(17)10-14)7-9-22(25)24(3)12-16-5-8-19-21(11-16)28-13-27-19/h4-6,8,10-11H,7,9,12-13H2,1-3H3. The lowest BCUT2D eigenvalue weighted by molar-refractivity contribution is -0.130. The molecule has 0 unspecified atom stereocenters. The Balaban J connectivity index is 1.45. The SMILES string of the molecule is Cc1ccc2c(C)c(CCC(=O)N(C)Cc3ccc4c(c3)OCO4)c(=O)oc2c1. The molecule has 0 bridgehead atoms. The van der Waals surface area contributed by atoms with Gasteiger partial charge in [0.15, 0.2) is 11.5 Å². The molecule has 1 aromatic heterocycles. The van der Waals surface area contributed by atoms with Crippen LogP contribution in [0, 0.1) is 13.8 Å². The minimum atomic E-state index is -0.369. The van der Waals surface area contributed by atoms with Gasteiger partial charge in [0.05, 0.1) is 0 Å². The number of nitrogens with zero attached hydrogens (tertiary/aromatic N) is 1. The van der Waals surface area contributed by atoms with Gasteiger partial charge in [-0.15, -0.1) is 0 Å². The Morgan fingerprint density at radius 2 is 1.86 bits per heavy atom. The van der Waals surface area contributed by atoms with Crippen molar-refractivity contribution >= 4 is 16.9 Å². The molecule has 3 aromatic rings. The summed E-state index contributed by atoms with van der Waals surface area (Å²) in [5.74, 6) is 1.38. The highest BCUT2D eigenvalue weighted by Gasteiger charge is 2.17. The summed E-state index contributed by atoms with van der Waals surface area (Å²) in [6, 6.07) is 11.5. The Labute approximate surface area is 168 Å². The fraction of sp³-hybridized carbons (Fsp3) is 0.304. The molecule has 29 heavy (non-hydrogen) atoms. The van der Waals surface area contributed by atoms with Gasteiger partial charge >= 0.3 is 5.63 Å². The summed E-state index contributed by atoms with van der Waals surface area (Å²) < 4.78 is 16.2. The van der Waals surface area contributed by atoms with Crippen LogP contribution >= 0.6 is 0 Å². The lowest BCUT2D eigenvalue weighted by Crippen LogP contribution is -2.27. The molecule has 0 N–H and O–H groups in total. The first-order chi connectivity index (χ1) is 13.9. The fourth-order valence-corrected chi connectivity index (χ4v) is 3.61. The first-order valence-electron chi connectivity index (χ1n) is 9.58. The summed E-state index contributed by atoms with van der Waals surface area (Å²) in [6.07, 6.45) is 0.590. The van der Waals surface area contributed by atoms with E-state index in [4.69, 9.17) is 13.9 Å². The minimum Gasteiger partial charge on any atom is -0.454 e. The number of rotatable bonds is 5. The molecule has 0 saturated carbocycles. The van der Waals surface area contributed by atoms with Crippen LogP contribution in [0.3, 0.4) is 0 Å². The highest BCUT2D eigenvalue weighted by molar-refractivity contribution is 5.82. The number of fused-ring (bicyclic) bond motifs is 2. The van der Waals surface area contributed by atoms with Crippen LogP contribution in [0.4, 0.5) is 0 Å². The minimum absolute atomic E-state index is 0.0366. The van der Waals surface area contributed by atoms with Crippen molar-refractivity contribution in [1.29, 1.82) is 0 Å². The van der Waals surface area contributed by atoms with E-state index in [0.717, 1.165) is 27.8 Å². The van der Waals surface area contributed by atoms with Crippen LogP contribution in [-0.4, -0.2) is 24.6 Å². The molecule has 1 aliphatic rings. The first kappa shape index (κ1) is 19.1. The Bertz CT molecular complexity index is 1150. The lowest BCUT2D eigenvalue weighted by atomic mass is 10.0. The molecule has 0 saturated heterocycles. The van der Waals surface area contributed by atoms with Gasteiger partial charge in [-0.1, -0.05) is 18.2 Å². The second-order valence-corrected chi connectivity index (χ2v) is 7.43. The molecule has 6 heteroatoms. The zero-order valence-corrected chi connectivity index (χ0v) is 16.8. The van der Waals surface area contributed by atoms with E-state index >= 15 is 0 Å². The summed E-state index contributed by atoms with van der Waals surface area (Å²) in [5, 5.41) is 0.909. The molecule has 1 amide bonds. The van der Waals surface area contributed by atoms with E-state index in [1.807, 2.05) is 50.2 Å². The molecule has 0 spiro atoms. The molecule has 0 atom stereocenters. The summed E-state index contributed by atoms with van der Waals surface area (Å²) in [6.45, 7) is 4.54. The van der Waals surface area contributed by atoms with Crippen LogP contribution in [0.25, 0.3) is 11.0 Å². The maximum Gasteiger partial charge on any atom is 0.339 e. The topological polar surface area (TPSA) is 69.0 Å². The van der Waals surface area contributed by atoms with E-state index in [-0.39, 0.29) is 24.7 Å². The van der Waals surface area contributed by atoms with Crippen LogP contribution in [0.15, 0.2) is 45.6 Å². The monoisotopic (exact) mass is 393 g/mol. The summed E-state index contributed by atoms with van der Waals surface area (Å²) in [5.41, 5.74) is 3.65. The second kappa shape index (κ2) is 7.62. The van der Waals surface area contributed by atoms with Crippen molar-refractivity contribution in [3.63, 3.8) is 0 Å². The molecule has 2 aromatic carbocycles. The molecule has 2 heterocycles. The maximum absolute atomic E-state index is 12.6. The van der Waals surface area contributed by atoms with Crippen molar-refractivity contribution in [3.8, 4) is 11.5 Å². The summed E-state index contributed by atoms with van der Waals surface area (Å²) >= 11 is 0. The van der Waals surface area contributed by atoms with Crippen LogP contribution in [0.1, 0.15) is 28.7 Å². The second-order valence-electron chi connectivity index (χ2n) is 7.43. The van der Waals surface area contributed by atoms with Gasteiger partial charge in [0.25, 0.3) is 0 Å². The van der Waals surface area contributed by atoms with Crippen LogP contribution in [0.2, 0.25) is 0 Å². The van der Waals surface area contributed by atoms with Crippen molar-refractivity contribution in [2.45, 2.75) is 33.2 Å². The molecular weight excluding hydrogens is 370 g/mol. The number of carbonyl (C=O) groups is 1. The highest BCUT2D eigenvalue weighted by atomic mass is 16.7. The molecule has 0 radical (unpaired) electrons. The average Bonchev–Trinajstić information content (AvgIpc) is 3.15. The Hall–Kier alpha value is -3.28. The average molecular weight is 393 g/mol. The summed E-state index contributed by atoms with van der Waals surface area (Å²) in [4.78, 5) is 26.7. The van der Waals surface area contributed by atoms with Gasteiger partial charge in [-0.3, -0.25) is 4.79 Å². The van der Waals surface area contributed by atoms with Crippen molar-refractivity contribution in [1.82, 2.24) is 4.90 Å². The van der Waals surface area contributed by atoms with Crippen LogP contribution < -0.4 is 15.1 Å². The third-order valence-electron chi connectivity index (χ3n) is 5.31. The Morgan fingerprint density at radius 1 is 1.07 bits per heavy atom. The molecular formula is C23H23NO5. The van der Waals surface area contributed by atoms with Crippen molar-refractivity contribution in [2.24, 2.45) is 0 Å². The molecule has 6 nitrogen and oxygen atoms in total. The van der Waals surface area contributed by atoms with Gasteiger partial charge in [-0.2, -0.15) is 0 Å². The van der Waals surface area contributed by atoms with Gasteiger partial charge in [0, 0.05) is 31.0 Å². The van der Waals surface area contributed by atoms with Gasteiger partial charge in [0.1, 0.15) is 5.58 Å². The van der Waals surface area contributed by atoms with Crippen LogP contribution in [0.5, 0.6) is 11.5 Å². The Kier molecular flexibility index (Phi) is 5.01. The van der Waals surface area contributed by atoms with Gasteiger partial charge < -0.3 is 18.8 Å². The zero-order valence-electron chi connectivity index (χ0n) is 16.8. The Morgan fingerprint density at radius 3 is 2.69 bits per heavy atom. The van der Waals surface area contributed by atoms with E-state index in [9.17, 15) is 9.59 Å². The van der Waals surface area contributed by atoms with E-state index in [0.29, 0.717) is 29.9 Å². The lowest BCUT2D eigenvalue weighted by Gasteiger charge is -2.18. The number of hydrogen-bond donors (Lipinski definition) is 0. The van der Waals surface area contributed by atoms with E-state index < -0.39 is 0 Å².